The van der Waals surface area contributed by atoms with E-state index in [1.165, 1.54) is 0 Å². The molecule has 1 atom stereocenters. The SMILES string of the molecule is CCCOC(=O)C(CCCC(C)C)COCC. The second-order valence-electron chi connectivity index (χ2n) is 4.85. The Bertz CT molecular complexity index is 190. The fourth-order valence-electron chi connectivity index (χ4n) is 1.62. The summed E-state index contributed by atoms with van der Waals surface area (Å²) in [4.78, 5) is 11.8. The first-order valence-electron chi connectivity index (χ1n) is 6.86. The summed E-state index contributed by atoms with van der Waals surface area (Å²) in [7, 11) is 0. The monoisotopic (exact) mass is 244 g/mol. The van der Waals surface area contributed by atoms with Crippen molar-refractivity contribution in [3.63, 3.8) is 0 Å². The number of carbonyl (C=O) groups is 1. The molecular formula is C14H28O3. The number of carbonyl (C=O) groups excluding carboxylic acids is 1. The first kappa shape index (κ1) is 16.4. The Morgan fingerprint density at radius 3 is 2.41 bits per heavy atom. The standard InChI is InChI=1S/C14H28O3/c1-5-10-17-14(15)13(11-16-6-2)9-7-8-12(3)4/h12-13H,5-11H2,1-4H3. The zero-order valence-electron chi connectivity index (χ0n) is 11.8. The molecule has 0 heterocycles. The Labute approximate surface area is 106 Å². The molecule has 0 amide bonds. The lowest BCUT2D eigenvalue weighted by molar-refractivity contribution is -0.151. The van der Waals surface area contributed by atoms with Crippen molar-refractivity contribution < 1.29 is 14.3 Å². The lowest BCUT2D eigenvalue weighted by Crippen LogP contribution is -2.23. The number of hydrogen-bond donors (Lipinski definition) is 0. The molecule has 0 saturated carbocycles. The van der Waals surface area contributed by atoms with E-state index in [9.17, 15) is 4.79 Å². The van der Waals surface area contributed by atoms with Crippen LogP contribution in [-0.4, -0.2) is 25.8 Å². The van der Waals surface area contributed by atoms with Gasteiger partial charge in [-0.3, -0.25) is 4.79 Å². The number of ether oxygens (including phenoxy) is 2. The molecule has 0 spiro atoms. The summed E-state index contributed by atoms with van der Waals surface area (Å²) in [5.41, 5.74) is 0. The molecule has 0 aromatic carbocycles. The van der Waals surface area contributed by atoms with E-state index in [2.05, 4.69) is 13.8 Å². The average molecular weight is 244 g/mol. The Hall–Kier alpha value is -0.570. The molecule has 0 N–H and O–H groups in total. The van der Waals surface area contributed by atoms with Gasteiger partial charge in [-0.1, -0.05) is 33.6 Å². The van der Waals surface area contributed by atoms with Gasteiger partial charge in [0.1, 0.15) is 0 Å². The van der Waals surface area contributed by atoms with Crippen LogP contribution in [0.15, 0.2) is 0 Å². The van der Waals surface area contributed by atoms with Crippen LogP contribution in [0.25, 0.3) is 0 Å². The molecule has 1 unspecified atom stereocenters. The third-order valence-electron chi connectivity index (χ3n) is 2.64. The molecule has 0 saturated heterocycles. The van der Waals surface area contributed by atoms with Crippen LogP contribution in [0, 0.1) is 11.8 Å². The maximum atomic E-state index is 11.8. The van der Waals surface area contributed by atoms with Crippen molar-refractivity contribution in [3.8, 4) is 0 Å². The Kier molecular flexibility index (Phi) is 10.2. The van der Waals surface area contributed by atoms with Crippen LogP contribution in [0.4, 0.5) is 0 Å². The van der Waals surface area contributed by atoms with Gasteiger partial charge in [-0.15, -0.1) is 0 Å². The van der Waals surface area contributed by atoms with Crippen molar-refractivity contribution in [3.05, 3.63) is 0 Å². The van der Waals surface area contributed by atoms with Crippen LogP contribution >= 0.6 is 0 Å². The molecule has 3 heteroatoms. The lowest BCUT2D eigenvalue weighted by atomic mass is 9.99. The quantitative estimate of drug-likeness (QED) is 0.552. The molecule has 3 nitrogen and oxygen atoms in total. The van der Waals surface area contributed by atoms with E-state index in [1.807, 2.05) is 13.8 Å². The fraction of sp³-hybridized carbons (Fsp3) is 0.929. The predicted molar refractivity (Wildman–Crippen MR) is 69.9 cm³/mol. The van der Waals surface area contributed by atoms with Crippen molar-refractivity contribution in [1.29, 1.82) is 0 Å². The van der Waals surface area contributed by atoms with Crippen LogP contribution in [-0.2, 0) is 14.3 Å². The third kappa shape index (κ3) is 9.16. The van der Waals surface area contributed by atoms with Gasteiger partial charge in [-0.05, 0) is 25.7 Å². The number of esters is 1. The van der Waals surface area contributed by atoms with Crippen molar-refractivity contribution in [2.24, 2.45) is 11.8 Å². The molecule has 0 bridgehead atoms. The van der Waals surface area contributed by atoms with E-state index in [4.69, 9.17) is 9.47 Å². The topological polar surface area (TPSA) is 35.5 Å². The van der Waals surface area contributed by atoms with Crippen molar-refractivity contribution >= 4 is 5.97 Å². The van der Waals surface area contributed by atoms with Crippen molar-refractivity contribution in [2.75, 3.05) is 19.8 Å². The average Bonchev–Trinajstić information content (AvgIpc) is 2.30. The van der Waals surface area contributed by atoms with Crippen LogP contribution in [0.3, 0.4) is 0 Å². The molecule has 0 aliphatic rings. The van der Waals surface area contributed by atoms with Crippen LogP contribution in [0.5, 0.6) is 0 Å². The summed E-state index contributed by atoms with van der Waals surface area (Å²) >= 11 is 0. The maximum Gasteiger partial charge on any atom is 0.311 e. The van der Waals surface area contributed by atoms with Crippen LogP contribution in [0.2, 0.25) is 0 Å². The third-order valence-corrected chi connectivity index (χ3v) is 2.64. The highest BCUT2D eigenvalue weighted by atomic mass is 16.5. The Morgan fingerprint density at radius 1 is 1.18 bits per heavy atom. The summed E-state index contributed by atoms with van der Waals surface area (Å²) < 4.78 is 10.5. The molecule has 0 aliphatic heterocycles. The van der Waals surface area contributed by atoms with E-state index in [1.54, 1.807) is 0 Å². The Balaban J connectivity index is 3.98. The van der Waals surface area contributed by atoms with Crippen molar-refractivity contribution in [2.45, 2.75) is 53.4 Å². The minimum Gasteiger partial charge on any atom is -0.465 e. The van der Waals surface area contributed by atoms with E-state index in [-0.39, 0.29) is 11.9 Å². The van der Waals surface area contributed by atoms with Gasteiger partial charge < -0.3 is 9.47 Å². The second kappa shape index (κ2) is 10.6. The van der Waals surface area contributed by atoms with Gasteiger partial charge >= 0.3 is 5.97 Å². The molecule has 0 rings (SSSR count). The second-order valence-corrected chi connectivity index (χ2v) is 4.85. The summed E-state index contributed by atoms with van der Waals surface area (Å²) in [5.74, 6) is 0.513. The maximum absolute atomic E-state index is 11.8. The predicted octanol–water partition coefficient (Wildman–Crippen LogP) is 3.42. The smallest absolute Gasteiger partial charge is 0.311 e. The minimum absolute atomic E-state index is 0.0831. The fourth-order valence-corrected chi connectivity index (χ4v) is 1.62. The zero-order chi connectivity index (χ0) is 13.1. The van der Waals surface area contributed by atoms with Crippen LogP contribution < -0.4 is 0 Å². The normalized spacial score (nSPS) is 12.8. The van der Waals surface area contributed by atoms with E-state index < -0.39 is 0 Å². The zero-order valence-corrected chi connectivity index (χ0v) is 11.8. The highest BCUT2D eigenvalue weighted by Gasteiger charge is 2.19. The molecular weight excluding hydrogens is 216 g/mol. The largest absolute Gasteiger partial charge is 0.465 e. The van der Waals surface area contributed by atoms with Gasteiger partial charge in [0.2, 0.25) is 0 Å². The molecule has 0 aliphatic carbocycles. The van der Waals surface area contributed by atoms with Gasteiger partial charge in [-0.2, -0.15) is 0 Å². The molecule has 0 aromatic rings. The van der Waals surface area contributed by atoms with E-state index in [0.29, 0.717) is 25.7 Å². The number of rotatable bonds is 10. The highest BCUT2D eigenvalue weighted by Crippen LogP contribution is 2.15. The molecule has 0 aromatic heterocycles. The first-order chi connectivity index (χ1) is 8.11. The number of hydrogen-bond acceptors (Lipinski definition) is 3. The molecule has 0 radical (unpaired) electrons. The Morgan fingerprint density at radius 2 is 1.88 bits per heavy atom. The van der Waals surface area contributed by atoms with Gasteiger partial charge in [0.15, 0.2) is 0 Å². The van der Waals surface area contributed by atoms with Gasteiger partial charge in [0.05, 0.1) is 19.1 Å². The molecule has 17 heavy (non-hydrogen) atoms. The first-order valence-corrected chi connectivity index (χ1v) is 6.86. The van der Waals surface area contributed by atoms with Crippen molar-refractivity contribution in [1.82, 2.24) is 0 Å². The molecule has 0 fully saturated rings. The summed E-state index contributed by atoms with van der Waals surface area (Å²) in [6.45, 7) is 10.0. The lowest BCUT2D eigenvalue weighted by Gasteiger charge is -2.16. The molecule has 102 valence electrons. The van der Waals surface area contributed by atoms with Gasteiger partial charge in [0, 0.05) is 6.61 Å². The van der Waals surface area contributed by atoms with E-state index in [0.717, 1.165) is 25.7 Å². The van der Waals surface area contributed by atoms with Crippen LogP contribution in [0.1, 0.15) is 53.4 Å². The minimum atomic E-state index is -0.0935. The summed E-state index contributed by atoms with van der Waals surface area (Å²) in [6.07, 6.45) is 3.97. The highest BCUT2D eigenvalue weighted by molar-refractivity contribution is 5.72. The summed E-state index contributed by atoms with van der Waals surface area (Å²) in [6, 6.07) is 0. The van der Waals surface area contributed by atoms with Gasteiger partial charge in [-0.25, -0.2) is 0 Å². The van der Waals surface area contributed by atoms with Gasteiger partial charge in [0.25, 0.3) is 0 Å². The summed E-state index contributed by atoms with van der Waals surface area (Å²) in [5, 5.41) is 0. The van der Waals surface area contributed by atoms with E-state index >= 15 is 0 Å².